The number of esters is 2. The summed E-state index contributed by atoms with van der Waals surface area (Å²) in [6.45, 7) is 4.56. The summed E-state index contributed by atoms with van der Waals surface area (Å²) in [6.07, 6.45) is -0.494. The number of hydrogen-bond donors (Lipinski definition) is 2. The Morgan fingerprint density at radius 1 is 0.935 bits per heavy atom. The molecule has 0 aromatic heterocycles. The highest BCUT2D eigenvalue weighted by Gasteiger charge is 2.56. The number of rotatable bonds is 12. The highest BCUT2D eigenvalue weighted by Crippen LogP contribution is 2.47. The third kappa shape index (κ3) is 5.84. The second-order valence-electron chi connectivity index (χ2n) is 6.83. The van der Waals surface area contributed by atoms with Crippen LogP contribution in [0.4, 0.5) is 0 Å². The van der Waals surface area contributed by atoms with Crippen molar-refractivity contribution in [1.29, 1.82) is 0 Å². The molecule has 0 heterocycles. The van der Waals surface area contributed by atoms with Gasteiger partial charge < -0.3 is 20.3 Å². The van der Waals surface area contributed by atoms with Crippen molar-refractivity contribution in [3.8, 4) is 0 Å². The van der Waals surface area contributed by atoms with Gasteiger partial charge in [0.05, 0.1) is 43.8 Å². The van der Waals surface area contributed by atoms with E-state index >= 15 is 0 Å². The van der Waals surface area contributed by atoms with Crippen molar-refractivity contribution in [1.82, 2.24) is 0 Å². The van der Waals surface area contributed by atoms with Crippen LogP contribution in [-0.2, 0) is 38.2 Å². The number of aliphatic hydroxyl groups is 1. The molecule has 0 saturated heterocycles. The maximum atomic E-state index is 13.1. The molecule has 0 unspecified atom stereocenters. The SMILES string of the molecule is CCC[C]1[C](N)C(C(=O)CC(=O)C(=O)OCC)(C(=O)CC(=O)C(=O)OCC)CC=C1O. The average molecular weight is 437 g/mol. The number of ether oxygens (including phenoxy) is 2. The van der Waals surface area contributed by atoms with Gasteiger partial charge >= 0.3 is 11.9 Å². The summed E-state index contributed by atoms with van der Waals surface area (Å²) in [5.41, 5.74) is 3.96. The molecule has 0 amide bonds. The molecule has 0 spiro atoms. The van der Waals surface area contributed by atoms with Crippen molar-refractivity contribution < 1.29 is 43.3 Å². The smallest absolute Gasteiger partial charge is 0.375 e. The fourth-order valence-corrected chi connectivity index (χ4v) is 3.24. The van der Waals surface area contributed by atoms with Crippen LogP contribution in [0, 0.1) is 17.4 Å². The molecule has 0 atom stereocenters. The molecule has 10 nitrogen and oxygen atoms in total. The zero-order valence-electron chi connectivity index (χ0n) is 17.8. The molecule has 31 heavy (non-hydrogen) atoms. The number of hydrogen-bond acceptors (Lipinski definition) is 10. The van der Waals surface area contributed by atoms with E-state index in [1.54, 1.807) is 6.92 Å². The standard InChI is InChI=1S/C21H27NO9/c1-4-7-12-13(23)8-9-21(18(12)22,16(26)10-14(24)19(28)30-5-2)17(27)11-15(25)20(29)31-6-3/h8,23H,4-7,9-11,22H2,1-3H3. The maximum Gasteiger partial charge on any atom is 0.375 e. The van der Waals surface area contributed by atoms with Crippen LogP contribution in [-0.4, -0.2) is 53.4 Å². The number of carbonyl (C=O) groups is 6. The summed E-state index contributed by atoms with van der Waals surface area (Å²) in [6, 6.07) is -0.308. The number of allylic oxidation sites excluding steroid dienone is 1. The molecule has 0 bridgehead atoms. The van der Waals surface area contributed by atoms with Crippen molar-refractivity contribution in [2.24, 2.45) is 11.1 Å². The van der Waals surface area contributed by atoms with Crippen LogP contribution in [0.15, 0.2) is 11.8 Å². The van der Waals surface area contributed by atoms with Crippen LogP contribution in [0.25, 0.3) is 0 Å². The summed E-state index contributed by atoms with van der Waals surface area (Å²) in [5.74, 6) is -6.99. The second-order valence-corrected chi connectivity index (χ2v) is 6.83. The molecular formula is C21H27NO9. The lowest BCUT2D eigenvalue weighted by Crippen LogP contribution is -2.53. The first-order valence-electron chi connectivity index (χ1n) is 9.91. The molecule has 10 heteroatoms. The highest BCUT2D eigenvalue weighted by molar-refractivity contribution is 6.40. The summed E-state index contributed by atoms with van der Waals surface area (Å²) < 4.78 is 9.15. The van der Waals surface area contributed by atoms with Gasteiger partial charge in [0.25, 0.3) is 0 Å². The van der Waals surface area contributed by atoms with E-state index in [0.29, 0.717) is 6.42 Å². The Morgan fingerprint density at radius 3 is 1.77 bits per heavy atom. The largest absolute Gasteiger partial charge is 0.512 e. The third-order valence-corrected chi connectivity index (χ3v) is 4.80. The lowest BCUT2D eigenvalue weighted by molar-refractivity contribution is -0.157. The average Bonchev–Trinajstić information content (AvgIpc) is 2.71. The van der Waals surface area contributed by atoms with Crippen molar-refractivity contribution in [3.63, 3.8) is 0 Å². The quantitative estimate of drug-likeness (QED) is 0.254. The van der Waals surface area contributed by atoms with E-state index in [-0.39, 0.29) is 37.4 Å². The van der Waals surface area contributed by atoms with Crippen molar-refractivity contribution in [2.75, 3.05) is 13.2 Å². The fourth-order valence-electron chi connectivity index (χ4n) is 3.24. The first-order valence-corrected chi connectivity index (χ1v) is 9.91. The van der Waals surface area contributed by atoms with Crippen molar-refractivity contribution in [3.05, 3.63) is 23.8 Å². The van der Waals surface area contributed by atoms with Crippen LogP contribution >= 0.6 is 0 Å². The van der Waals surface area contributed by atoms with Crippen molar-refractivity contribution >= 4 is 35.1 Å². The first-order chi connectivity index (χ1) is 14.6. The van der Waals surface area contributed by atoms with Gasteiger partial charge in [0, 0.05) is 0 Å². The van der Waals surface area contributed by atoms with Gasteiger partial charge in [-0.2, -0.15) is 0 Å². The van der Waals surface area contributed by atoms with E-state index in [1.165, 1.54) is 19.9 Å². The van der Waals surface area contributed by atoms with E-state index in [9.17, 15) is 33.9 Å². The highest BCUT2D eigenvalue weighted by atomic mass is 16.5. The van der Waals surface area contributed by atoms with Gasteiger partial charge in [0.2, 0.25) is 11.6 Å². The number of nitrogens with two attached hydrogens (primary N) is 1. The Hall–Kier alpha value is -2.88. The lowest BCUT2D eigenvalue weighted by Gasteiger charge is -2.41. The molecule has 0 fully saturated rings. The number of Topliss-reactive ketones (excluding diaryl/α,β-unsaturated/α-hetero) is 4. The molecule has 2 radical (unpaired) electrons. The van der Waals surface area contributed by atoms with Crippen LogP contribution in [0.1, 0.15) is 52.9 Å². The van der Waals surface area contributed by atoms with Crippen LogP contribution < -0.4 is 5.73 Å². The van der Waals surface area contributed by atoms with Gasteiger partial charge in [0.1, 0.15) is 5.41 Å². The van der Waals surface area contributed by atoms with E-state index < -0.39 is 59.7 Å². The summed E-state index contributed by atoms with van der Waals surface area (Å²) in [4.78, 5) is 73.7. The fraction of sp³-hybridized carbons (Fsp3) is 0.524. The molecule has 3 N–H and O–H groups in total. The van der Waals surface area contributed by atoms with E-state index in [1.807, 2.05) is 0 Å². The van der Waals surface area contributed by atoms with E-state index in [0.717, 1.165) is 0 Å². The summed E-state index contributed by atoms with van der Waals surface area (Å²) in [7, 11) is 0. The topological polar surface area (TPSA) is 167 Å². The number of aliphatic hydroxyl groups excluding tert-OH is 1. The predicted molar refractivity (Wildman–Crippen MR) is 106 cm³/mol. The molecule has 0 saturated carbocycles. The van der Waals surface area contributed by atoms with Crippen LogP contribution in [0.5, 0.6) is 0 Å². The van der Waals surface area contributed by atoms with Gasteiger partial charge in [-0.25, -0.2) is 9.59 Å². The molecule has 1 rings (SSSR count). The van der Waals surface area contributed by atoms with Gasteiger partial charge in [-0.15, -0.1) is 0 Å². The molecule has 0 aliphatic heterocycles. The maximum absolute atomic E-state index is 13.1. The van der Waals surface area contributed by atoms with E-state index in [4.69, 9.17) is 5.73 Å². The van der Waals surface area contributed by atoms with Crippen LogP contribution in [0.2, 0.25) is 0 Å². The lowest BCUT2D eigenvalue weighted by atomic mass is 9.61. The second kappa shape index (κ2) is 11.5. The Balaban J connectivity index is 3.33. The normalized spacial score (nSPS) is 16.2. The van der Waals surface area contributed by atoms with Gasteiger partial charge in [-0.3, -0.25) is 19.2 Å². The van der Waals surface area contributed by atoms with Crippen LogP contribution in [0.3, 0.4) is 0 Å². The van der Waals surface area contributed by atoms with Crippen molar-refractivity contribution in [2.45, 2.75) is 52.9 Å². The summed E-state index contributed by atoms with van der Waals surface area (Å²) in [5, 5.41) is 10.2. The van der Waals surface area contributed by atoms with Gasteiger partial charge in [0.15, 0.2) is 11.6 Å². The zero-order chi connectivity index (χ0) is 23.8. The molecule has 1 aliphatic carbocycles. The monoisotopic (exact) mass is 437 g/mol. The minimum absolute atomic E-state index is 0.0871. The predicted octanol–water partition coefficient (Wildman–Crippen LogP) is 0.866. The Bertz CT molecular complexity index is 740. The van der Waals surface area contributed by atoms with E-state index in [2.05, 4.69) is 9.47 Å². The third-order valence-electron chi connectivity index (χ3n) is 4.80. The minimum Gasteiger partial charge on any atom is -0.512 e. The molecule has 1 aliphatic rings. The Labute approximate surface area is 180 Å². The molecule has 0 aromatic carbocycles. The summed E-state index contributed by atoms with van der Waals surface area (Å²) >= 11 is 0. The van der Waals surface area contributed by atoms with Gasteiger partial charge in [-0.05, 0) is 32.8 Å². The number of ketones is 4. The molecular weight excluding hydrogens is 410 g/mol. The Morgan fingerprint density at radius 2 is 1.39 bits per heavy atom. The molecule has 0 aromatic rings. The zero-order valence-corrected chi connectivity index (χ0v) is 17.8. The first kappa shape index (κ1) is 26.2. The molecule has 170 valence electrons. The Kier molecular flexibility index (Phi) is 9.70. The van der Waals surface area contributed by atoms with Gasteiger partial charge in [-0.1, -0.05) is 13.3 Å². The number of carbonyl (C=O) groups excluding carboxylic acids is 6. The minimum atomic E-state index is -2.18.